The van der Waals surface area contributed by atoms with E-state index in [0.717, 1.165) is 48.3 Å². The van der Waals surface area contributed by atoms with E-state index < -0.39 is 0 Å². The van der Waals surface area contributed by atoms with E-state index in [2.05, 4.69) is 20.8 Å². The zero-order valence-electron chi connectivity index (χ0n) is 15.0. The van der Waals surface area contributed by atoms with Crippen LogP contribution in [0.15, 0.2) is 0 Å². The van der Waals surface area contributed by atoms with Gasteiger partial charge in [-0.1, -0.05) is 20.3 Å². The second-order valence-corrected chi connectivity index (χ2v) is 9.90. The third-order valence-corrected chi connectivity index (χ3v) is 8.93. The van der Waals surface area contributed by atoms with Crippen molar-refractivity contribution in [2.24, 2.45) is 40.9 Å². The first-order valence-electron chi connectivity index (χ1n) is 10.2. The number of fused-ring (bicyclic) bond motifs is 5. The maximum Gasteiger partial charge on any atom is 0.0622 e. The van der Waals surface area contributed by atoms with E-state index >= 15 is 0 Å². The molecule has 4 fully saturated rings. The predicted octanol–water partition coefficient (Wildman–Crippen LogP) is 5.42. The van der Waals surface area contributed by atoms with E-state index in [-0.39, 0.29) is 5.60 Å². The summed E-state index contributed by atoms with van der Waals surface area (Å²) < 4.78 is 0. The molecule has 1 heteroatoms. The highest BCUT2D eigenvalue weighted by atomic mass is 16.3. The van der Waals surface area contributed by atoms with Crippen molar-refractivity contribution in [1.29, 1.82) is 0 Å². The van der Waals surface area contributed by atoms with Gasteiger partial charge in [0.25, 0.3) is 0 Å². The second kappa shape index (κ2) is 5.23. The van der Waals surface area contributed by atoms with Gasteiger partial charge in [-0.3, -0.25) is 0 Å². The Morgan fingerprint density at radius 2 is 1.64 bits per heavy atom. The molecule has 0 saturated heterocycles. The molecule has 0 aromatic rings. The maximum absolute atomic E-state index is 10.5. The highest BCUT2D eigenvalue weighted by Gasteiger charge is 2.56. The van der Waals surface area contributed by atoms with Gasteiger partial charge in [-0.25, -0.2) is 0 Å². The third kappa shape index (κ3) is 2.21. The van der Waals surface area contributed by atoms with Crippen molar-refractivity contribution in [3.8, 4) is 0 Å². The van der Waals surface area contributed by atoms with Crippen LogP contribution in [0, 0.1) is 40.9 Å². The van der Waals surface area contributed by atoms with Crippen molar-refractivity contribution < 1.29 is 5.11 Å². The van der Waals surface area contributed by atoms with Crippen LogP contribution in [0.3, 0.4) is 0 Å². The van der Waals surface area contributed by atoms with Crippen LogP contribution in [-0.2, 0) is 0 Å². The highest BCUT2D eigenvalue weighted by molar-refractivity contribution is 5.06. The molecule has 0 bridgehead atoms. The summed E-state index contributed by atoms with van der Waals surface area (Å²) in [6.45, 7) is 7.15. The van der Waals surface area contributed by atoms with Crippen LogP contribution < -0.4 is 0 Å². The molecule has 4 saturated carbocycles. The summed E-state index contributed by atoms with van der Waals surface area (Å²) in [7, 11) is 0. The van der Waals surface area contributed by atoms with Crippen LogP contribution in [0.1, 0.15) is 85.0 Å². The molecule has 0 aromatic carbocycles. The van der Waals surface area contributed by atoms with Gasteiger partial charge in [0.2, 0.25) is 0 Å². The summed E-state index contributed by atoms with van der Waals surface area (Å²) in [6.07, 6.45) is 13.7. The number of hydrogen-bond acceptors (Lipinski definition) is 1. The van der Waals surface area contributed by atoms with E-state index in [0.29, 0.717) is 5.41 Å². The molecule has 0 heterocycles. The van der Waals surface area contributed by atoms with Crippen LogP contribution in [0.4, 0.5) is 0 Å². The van der Waals surface area contributed by atoms with Crippen molar-refractivity contribution >= 4 is 0 Å². The normalized spacial score (nSPS) is 57.8. The first-order valence-corrected chi connectivity index (χ1v) is 10.2. The lowest BCUT2D eigenvalue weighted by Gasteiger charge is -2.57. The summed E-state index contributed by atoms with van der Waals surface area (Å²) in [5.41, 5.74) is 0.306. The summed E-state index contributed by atoms with van der Waals surface area (Å²) >= 11 is 0. The molecule has 4 aliphatic carbocycles. The molecule has 0 aliphatic heterocycles. The van der Waals surface area contributed by atoms with Crippen LogP contribution in [0.5, 0.6) is 0 Å². The van der Waals surface area contributed by atoms with Crippen LogP contribution in [-0.4, -0.2) is 10.7 Å². The zero-order valence-corrected chi connectivity index (χ0v) is 15.0. The van der Waals surface area contributed by atoms with Gasteiger partial charge in [0.15, 0.2) is 0 Å². The predicted molar refractivity (Wildman–Crippen MR) is 91.5 cm³/mol. The fourth-order valence-corrected chi connectivity index (χ4v) is 7.86. The molecule has 0 radical (unpaired) electrons. The molecular weight excluding hydrogens is 268 g/mol. The summed E-state index contributed by atoms with van der Waals surface area (Å²) in [6, 6.07) is 0. The van der Waals surface area contributed by atoms with Crippen molar-refractivity contribution in [1.82, 2.24) is 0 Å². The fourth-order valence-electron chi connectivity index (χ4n) is 7.86. The Morgan fingerprint density at radius 3 is 2.41 bits per heavy atom. The van der Waals surface area contributed by atoms with Gasteiger partial charge in [-0.15, -0.1) is 0 Å². The average Bonchev–Trinajstić information content (AvgIpc) is 2.82. The second-order valence-electron chi connectivity index (χ2n) is 9.90. The van der Waals surface area contributed by atoms with Gasteiger partial charge >= 0.3 is 0 Å². The van der Waals surface area contributed by atoms with Gasteiger partial charge in [0.1, 0.15) is 0 Å². The molecule has 4 rings (SSSR count). The van der Waals surface area contributed by atoms with Gasteiger partial charge in [-0.05, 0) is 106 Å². The molecule has 0 spiro atoms. The zero-order chi connectivity index (χ0) is 15.5. The highest BCUT2D eigenvalue weighted by Crippen LogP contribution is 2.65. The molecule has 0 aromatic heterocycles. The Hall–Kier alpha value is -0.0400. The molecule has 0 unspecified atom stereocenters. The molecule has 0 amide bonds. The van der Waals surface area contributed by atoms with E-state index in [1.165, 1.54) is 51.4 Å². The Morgan fingerprint density at radius 1 is 0.864 bits per heavy atom. The lowest BCUT2D eigenvalue weighted by atomic mass is 9.49. The maximum atomic E-state index is 10.5. The minimum absolute atomic E-state index is 0.363. The van der Waals surface area contributed by atoms with E-state index in [9.17, 15) is 5.11 Å². The molecule has 126 valence electrons. The molecule has 4 aliphatic rings. The standard InChI is InChI=1S/C21H36O/c1-4-15-6-8-19-18-7-5-14-13-20(2,22)11-9-16(14)17(18)10-12-21(15,19)3/h14-19,22H,4-13H2,1-3H3/t14-,15-,16-,17+,18+,19-,20+,21+/m0/s1. The SMILES string of the molecule is CC[C@H]1CC[C@H]2[C@@H]3CC[C@H]4C[C@](C)(O)CC[C@@H]4[C@H]3CC[C@]12C. The van der Waals surface area contributed by atoms with Gasteiger partial charge < -0.3 is 5.11 Å². The Balaban J connectivity index is 1.54. The topological polar surface area (TPSA) is 20.2 Å². The van der Waals surface area contributed by atoms with E-state index in [4.69, 9.17) is 0 Å². The Kier molecular flexibility index (Phi) is 3.68. The van der Waals surface area contributed by atoms with E-state index in [1.54, 1.807) is 0 Å². The largest absolute Gasteiger partial charge is 0.390 e. The molecule has 1 N–H and O–H groups in total. The summed E-state index contributed by atoms with van der Waals surface area (Å²) in [4.78, 5) is 0. The monoisotopic (exact) mass is 304 g/mol. The number of aliphatic hydroxyl groups is 1. The summed E-state index contributed by atoms with van der Waals surface area (Å²) in [5.74, 6) is 5.84. The molecule has 22 heavy (non-hydrogen) atoms. The lowest BCUT2D eigenvalue weighted by Crippen LogP contribution is -2.50. The number of hydrogen-bond donors (Lipinski definition) is 1. The van der Waals surface area contributed by atoms with Crippen molar-refractivity contribution in [2.75, 3.05) is 0 Å². The first kappa shape index (κ1) is 15.5. The van der Waals surface area contributed by atoms with Gasteiger partial charge in [0.05, 0.1) is 5.60 Å². The van der Waals surface area contributed by atoms with Gasteiger partial charge in [0, 0.05) is 0 Å². The molecule has 8 atom stereocenters. The fraction of sp³-hybridized carbons (Fsp3) is 1.00. The Labute approximate surface area is 137 Å². The number of rotatable bonds is 1. The third-order valence-electron chi connectivity index (χ3n) is 8.93. The average molecular weight is 305 g/mol. The van der Waals surface area contributed by atoms with Gasteiger partial charge in [-0.2, -0.15) is 0 Å². The lowest BCUT2D eigenvalue weighted by molar-refractivity contribution is -0.0997. The van der Waals surface area contributed by atoms with Crippen LogP contribution in [0.2, 0.25) is 0 Å². The van der Waals surface area contributed by atoms with Crippen molar-refractivity contribution in [3.63, 3.8) is 0 Å². The van der Waals surface area contributed by atoms with Crippen LogP contribution >= 0.6 is 0 Å². The van der Waals surface area contributed by atoms with Crippen LogP contribution in [0.25, 0.3) is 0 Å². The quantitative estimate of drug-likeness (QED) is 0.686. The van der Waals surface area contributed by atoms with Crippen molar-refractivity contribution in [2.45, 2.75) is 90.6 Å². The minimum atomic E-state index is -0.363. The Bertz CT molecular complexity index is 428. The smallest absolute Gasteiger partial charge is 0.0622 e. The first-order chi connectivity index (χ1) is 10.4. The van der Waals surface area contributed by atoms with Crippen molar-refractivity contribution in [3.05, 3.63) is 0 Å². The minimum Gasteiger partial charge on any atom is -0.390 e. The summed E-state index contributed by atoms with van der Waals surface area (Å²) in [5, 5.41) is 10.5. The molecule has 1 nitrogen and oxygen atoms in total. The van der Waals surface area contributed by atoms with E-state index in [1.807, 2.05) is 0 Å². The molecular formula is C21H36O.